The molecule has 0 aromatic heterocycles. The van der Waals surface area contributed by atoms with Gasteiger partial charge in [0, 0.05) is 18.6 Å². The van der Waals surface area contributed by atoms with E-state index in [4.69, 9.17) is 21.5 Å². The third-order valence-electron chi connectivity index (χ3n) is 3.45. The van der Waals surface area contributed by atoms with Crippen molar-refractivity contribution in [3.63, 3.8) is 0 Å². The van der Waals surface area contributed by atoms with Gasteiger partial charge in [-0.1, -0.05) is 23.7 Å². The summed E-state index contributed by atoms with van der Waals surface area (Å²) in [4.78, 5) is 13.7. The monoisotopic (exact) mass is 368 g/mol. The molecule has 128 valence electrons. The number of esters is 1. The number of anilines is 1. The normalized spacial score (nSPS) is 11.2. The Morgan fingerprint density at radius 3 is 2.38 bits per heavy atom. The Morgan fingerprint density at radius 2 is 1.83 bits per heavy atom. The lowest BCUT2D eigenvalue weighted by molar-refractivity contribution is 0.0601. The van der Waals surface area contributed by atoms with E-state index in [0.29, 0.717) is 17.3 Å². The van der Waals surface area contributed by atoms with E-state index in [1.807, 2.05) is 17.0 Å². The number of primary sulfonamides is 1. The van der Waals surface area contributed by atoms with Gasteiger partial charge in [-0.15, -0.1) is 0 Å². The Bertz CT molecular complexity index is 851. The lowest BCUT2D eigenvalue weighted by atomic mass is 10.1. The van der Waals surface area contributed by atoms with Crippen LogP contribution in [-0.4, -0.2) is 28.5 Å². The highest BCUT2D eigenvalue weighted by molar-refractivity contribution is 7.89. The van der Waals surface area contributed by atoms with Crippen LogP contribution >= 0.6 is 11.6 Å². The lowest BCUT2D eigenvalue weighted by Gasteiger charge is -2.22. The zero-order chi connectivity index (χ0) is 17.9. The molecule has 0 aliphatic rings. The van der Waals surface area contributed by atoms with Gasteiger partial charge in [0.05, 0.1) is 23.3 Å². The average molecular weight is 369 g/mol. The van der Waals surface area contributed by atoms with Gasteiger partial charge in [-0.2, -0.15) is 0 Å². The molecule has 0 radical (unpaired) electrons. The van der Waals surface area contributed by atoms with Crippen molar-refractivity contribution >= 4 is 33.3 Å². The molecule has 2 rings (SSSR count). The first-order valence-corrected chi connectivity index (χ1v) is 8.85. The summed E-state index contributed by atoms with van der Waals surface area (Å²) in [5.74, 6) is -0.640. The molecule has 0 saturated heterocycles. The summed E-state index contributed by atoms with van der Waals surface area (Å²) < 4.78 is 27.7. The molecule has 8 heteroatoms. The third-order valence-corrected chi connectivity index (χ3v) is 4.61. The minimum atomic E-state index is -3.91. The molecule has 0 unspecified atom stereocenters. The smallest absolute Gasteiger partial charge is 0.340 e. The van der Waals surface area contributed by atoms with E-state index in [9.17, 15) is 13.2 Å². The highest BCUT2D eigenvalue weighted by Crippen LogP contribution is 2.25. The first-order chi connectivity index (χ1) is 11.2. The molecule has 0 fully saturated rings. The number of carbonyl (C=O) groups excluding carboxylic acids is 1. The lowest BCUT2D eigenvalue weighted by Crippen LogP contribution is -2.21. The second kappa shape index (κ2) is 7.21. The molecule has 6 nitrogen and oxygen atoms in total. The second-order valence-corrected chi connectivity index (χ2v) is 7.20. The van der Waals surface area contributed by atoms with Gasteiger partial charge in [0.25, 0.3) is 0 Å². The molecule has 24 heavy (non-hydrogen) atoms. The molecule has 0 saturated carbocycles. The molecule has 0 heterocycles. The second-order valence-electron chi connectivity index (χ2n) is 5.20. The zero-order valence-corrected chi connectivity index (χ0v) is 14.8. The van der Waals surface area contributed by atoms with Crippen LogP contribution in [0.2, 0.25) is 5.02 Å². The number of benzene rings is 2. The summed E-state index contributed by atoms with van der Waals surface area (Å²) in [6.07, 6.45) is 0. The van der Waals surface area contributed by atoms with Crippen LogP contribution < -0.4 is 10.0 Å². The molecule has 2 N–H and O–H groups in total. The van der Waals surface area contributed by atoms with Crippen LogP contribution in [0.3, 0.4) is 0 Å². The van der Waals surface area contributed by atoms with E-state index in [0.717, 1.165) is 5.56 Å². The van der Waals surface area contributed by atoms with E-state index in [2.05, 4.69) is 0 Å². The van der Waals surface area contributed by atoms with E-state index >= 15 is 0 Å². The number of rotatable bonds is 5. The van der Waals surface area contributed by atoms with Crippen molar-refractivity contribution in [1.82, 2.24) is 0 Å². The number of sulfonamides is 1. The van der Waals surface area contributed by atoms with Crippen LogP contribution in [0, 0.1) is 0 Å². The molecule has 2 aromatic carbocycles. The van der Waals surface area contributed by atoms with Gasteiger partial charge >= 0.3 is 5.97 Å². The average Bonchev–Trinajstić information content (AvgIpc) is 2.54. The number of methoxy groups -OCH3 is 1. The van der Waals surface area contributed by atoms with Crippen molar-refractivity contribution in [3.8, 4) is 0 Å². The third kappa shape index (κ3) is 4.25. The largest absolute Gasteiger partial charge is 0.465 e. The molecule has 0 aliphatic carbocycles. The van der Waals surface area contributed by atoms with Crippen molar-refractivity contribution in [3.05, 3.63) is 58.6 Å². The van der Waals surface area contributed by atoms with Gasteiger partial charge in [-0.05, 0) is 35.9 Å². The number of hydrogen-bond acceptors (Lipinski definition) is 5. The number of hydrogen-bond donors (Lipinski definition) is 1. The van der Waals surface area contributed by atoms with Gasteiger partial charge < -0.3 is 9.64 Å². The van der Waals surface area contributed by atoms with E-state index < -0.39 is 16.0 Å². The molecule has 0 atom stereocenters. The number of halogens is 1. The highest BCUT2D eigenvalue weighted by atomic mass is 35.5. The highest BCUT2D eigenvalue weighted by Gasteiger charge is 2.19. The predicted molar refractivity (Wildman–Crippen MR) is 92.7 cm³/mol. The van der Waals surface area contributed by atoms with Crippen molar-refractivity contribution in [2.45, 2.75) is 11.4 Å². The summed E-state index contributed by atoms with van der Waals surface area (Å²) in [7, 11) is -0.898. The maximum absolute atomic E-state index is 12.0. The quantitative estimate of drug-likeness (QED) is 0.818. The van der Waals surface area contributed by atoms with Crippen molar-refractivity contribution in [2.24, 2.45) is 5.14 Å². The summed E-state index contributed by atoms with van der Waals surface area (Å²) in [6, 6.07) is 11.4. The SMILES string of the molecule is COC(=O)c1cc(S(N)(=O)=O)ccc1N(C)Cc1ccc(Cl)cc1. The fourth-order valence-corrected chi connectivity index (χ4v) is 2.91. The van der Waals surface area contributed by atoms with Gasteiger partial charge in [-0.3, -0.25) is 0 Å². The van der Waals surface area contributed by atoms with Crippen LogP contribution in [0.15, 0.2) is 47.4 Å². The Morgan fingerprint density at radius 1 is 1.21 bits per heavy atom. The van der Waals surface area contributed by atoms with E-state index in [1.54, 1.807) is 19.2 Å². The van der Waals surface area contributed by atoms with E-state index in [-0.39, 0.29) is 10.5 Å². The van der Waals surface area contributed by atoms with Crippen LogP contribution in [0.25, 0.3) is 0 Å². The summed E-state index contributed by atoms with van der Waals surface area (Å²) in [5, 5.41) is 5.76. The fraction of sp³-hybridized carbons (Fsp3) is 0.188. The summed E-state index contributed by atoms with van der Waals surface area (Å²) in [5.41, 5.74) is 1.64. The maximum Gasteiger partial charge on any atom is 0.340 e. The van der Waals surface area contributed by atoms with Crippen molar-refractivity contribution in [2.75, 3.05) is 19.1 Å². The minimum Gasteiger partial charge on any atom is -0.465 e. The molecular weight excluding hydrogens is 352 g/mol. The predicted octanol–water partition coefficient (Wildman–Crippen LogP) is 2.41. The standard InChI is InChI=1S/C16H17ClN2O4S/c1-19(10-11-3-5-12(17)6-4-11)15-8-7-13(24(18,21)22)9-14(15)16(20)23-2/h3-9H,10H2,1-2H3,(H2,18,21,22). The first-order valence-electron chi connectivity index (χ1n) is 6.93. The molecule has 0 amide bonds. The molecule has 2 aromatic rings. The number of nitrogens with two attached hydrogens (primary N) is 1. The Kier molecular flexibility index (Phi) is 5.48. The molecule has 0 bridgehead atoms. The molecular formula is C16H17ClN2O4S. The number of carbonyl (C=O) groups is 1. The Balaban J connectivity index is 2.40. The van der Waals surface area contributed by atoms with Crippen molar-refractivity contribution < 1.29 is 17.9 Å². The van der Waals surface area contributed by atoms with Crippen molar-refractivity contribution in [1.29, 1.82) is 0 Å². The fourth-order valence-electron chi connectivity index (χ4n) is 2.25. The van der Waals surface area contributed by atoms with E-state index in [1.165, 1.54) is 25.3 Å². The van der Waals surface area contributed by atoms with Crippen LogP contribution in [0.5, 0.6) is 0 Å². The molecule has 0 spiro atoms. The maximum atomic E-state index is 12.0. The first kappa shape index (κ1) is 18.3. The van der Waals surface area contributed by atoms with Gasteiger partial charge in [0.1, 0.15) is 0 Å². The van der Waals surface area contributed by atoms with Gasteiger partial charge in [0.15, 0.2) is 0 Å². The van der Waals surface area contributed by atoms with Crippen LogP contribution in [0.4, 0.5) is 5.69 Å². The minimum absolute atomic E-state index is 0.125. The Hall–Kier alpha value is -2.09. The van der Waals surface area contributed by atoms with Crippen LogP contribution in [0.1, 0.15) is 15.9 Å². The number of nitrogens with zero attached hydrogens (tertiary/aromatic N) is 1. The number of ether oxygens (including phenoxy) is 1. The Labute approximate surface area is 145 Å². The van der Waals surface area contributed by atoms with Crippen LogP contribution in [-0.2, 0) is 21.3 Å². The summed E-state index contributed by atoms with van der Waals surface area (Å²) >= 11 is 5.87. The van der Waals surface area contributed by atoms with Gasteiger partial charge in [-0.25, -0.2) is 18.4 Å². The van der Waals surface area contributed by atoms with Gasteiger partial charge in [0.2, 0.25) is 10.0 Å². The topological polar surface area (TPSA) is 89.7 Å². The zero-order valence-electron chi connectivity index (χ0n) is 13.2. The summed E-state index contributed by atoms with van der Waals surface area (Å²) in [6.45, 7) is 0.496. The molecule has 0 aliphatic heterocycles.